The van der Waals surface area contributed by atoms with E-state index in [2.05, 4.69) is 58.7 Å². The number of hydrogen-bond acceptors (Lipinski definition) is 4. The first-order valence-corrected chi connectivity index (χ1v) is 16.0. The number of nitrogens with one attached hydrogen (secondary N) is 1. The summed E-state index contributed by atoms with van der Waals surface area (Å²) in [6, 6.07) is 22.8. The number of amides is 1. The van der Waals surface area contributed by atoms with Crippen LogP contribution in [0.4, 0.5) is 0 Å². The summed E-state index contributed by atoms with van der Waals surface area (Å²) in [7, 11) is 0. The molecule has 220 valence electrons. The third-order valence-corrected chi connectivity index (χ3v) is 9.48. The maximum atomic E-state index is 14.1. The van der Waals surface area contributed by atoms with Crippen molar-refractivity contribution in [3.05, 3.63) is 93.5 Å². The summed E-state index contributed by atoms with van der Waals surface area (Å²) in [4.78, 5) is 18.6. The normalized spacial score (nSPS) is 17.8. The fourth-order valence-electron chi connectivity index (χ4n) is 6.09. The molecule has 7 heteroatoms. The van der Waals surface area contributed by atoms with Crippen LogP contribution in [0, 0.1) is 0 Å². The number of likely N-dealkylation sites (tertiary alicyclic amines) is 1. The van der Waals surface area contributed by atoms with E-state index in [1.807, 2.05) is 17.0 Å². The summed E-state index contributed by atoms with van der Waals surface area (Å²) < 4.78 is 6.05. The summed E-state index contributed by atoms with van der Waals surface area (Å²) in [6.45, 7) is 5.96. The van der Waals surface area contributed by atoms with Crippen LogP contribution in [0.3, 0.4) is 0 Å². The van der Waals surface area contributed by atoms with Gasteiger partial charge in [-0.05, 0) is 104 Å². The quantitative estimate of drug-likeness (QED) is 0.261. The molecule has 3 aliphatic rings. The smallest absolute Gasteiger partial charge is 0.251 e. The zero-order valence-corrected chi connectivity index (χ0v) is 25.6. The van der Waals surface area contributed by atoms with Crippen molar-refractivity contribution in [3.63, 3.8) is 0 Å². The van der Waals surface area contributed by atoms with Gasteiger partial charge in [0.05, 0.1) is 10.0 Å². The fraction of sp³-hybridized carbons (Fsp3) is 0.400. The summed E-state index contributed by atoms with van der Waals surface area (Å²) in [6.07, 6.45) is 6.80. The van der Waals surface area contributed by atoms with Gasteiger partial charge in [0.15, 0.2) is 0 Å². The minimum atomic E-state index is 0.0900. The Balaban J connectivity index is 1.19. The standard InChI is InChI=1S/C35H39Cl2N3O2/c36-33-9-5-8-28(34(33)37)24-40(29-12-13-29)35(41)32-23-38-17-16-31(32)27-7-4-6-26(22-27)25-10-14-30(15-11-25)42-21-20-39-18-2-1-3-19-39/h4-11,14-15,22,29,38H,1-3,12-13,16-21,23-24H2. The van der Waals surface area contributed by atoms with E-state index < -0.39 is 0 Å². The Labute approximate surface area is 259 Å². The van der Waals surface area contributed by atoms with E-state index in [0.717, 1.165) is 78.1 Å². The molecule has 5 nitrogen and oxygen atoms in total. The Hall–Kier alpha value is -2.83. The number of piperidine rings is 1. The van der Waals surface area contributed by atoms with Crippen molar-refractivity contribution in [2.24, 2.45) is 0 Å². The number of rotatable bonds is 10. The minimum Gasteiger partial charge on any atom is -0.492 e. The second-order valence-corrected chi connectivity index (χ2v) is 12.4. The molecule has 42 heavy (non-hydrogen) atoms. The summed E-state index contributed by atoms with van der Waals surface area (Å²) in [5, 5.41) is 4.48. The first-order chi connectivity index (χ1) is 20.6. The van der Waals surface area contributed by atoms with E-state index >= 15 is 0 Å². The number of ether oxygens (including phenoxy) is 1. The molecule has 3 aromatic rings. The van der Waals surface area contributed by atoms with Gasteiger partial charge in [-0.1, -0.05) is 72.1 Å². The van der Waals surface area contributed by atoms with Crippen LogP contribution in [0.25, 0.3) is 16.7 Å². The minimum absolute atomic E-state index is 0.0900. The lowest BCUT2D eigenvalue weighted by atomic mass is 9.91. The van der Waals surface area contributed by atoms with Gasteiger partial charge in [-0.25, -0.2) is 0 Å². The van der Waals surface area contributed by atoms with E-state index in [0.29, 0.717) is 23.1 Å². The zero-order chi connectivity index (χ0) is 28.9. The van der Waals surface area contributed by atoms with Crippen molar-refractivity contribution < 1.29 is 9.53 Å². The summed E-state index contributed by atoms with van der Waals surface area (Å²) in [5.74, 6) is 0.994. The average molecular weight is 605 g/mol. The van der Waals surface area contributed by atoms with Crippen molar-refractivity contribution in [2.45, 2.75) is 51.1 Å². The van der Waals surface area contributed by atoms with E-state index in [1.54, 1.807) is 6.07 Å². The number of carbonyl (C=O) groups excluding carboxylic acids is 1. The third kappa shape index (κ3) is 7.03. The number of hydrogen-bond donors (Lipinski definition) is 1. The van der Waals surface area contributed by atoms with Gasteiger partial charge in [-0.15, -0.1) is 0 Å². The molecular weight excluding hydrogens is 565 g/mol. The Bertz CT molecular complexity index is 1430. The molecule has 1 N–H and O–H groups in total. The maximum absolute atomic E-state index is 14.1. The summed E-state index contributed by atoms with van der Waals surface area (Å²) >= 11 is 12.8. The van der Waals surface area contributed by atoms with Gasteiger partial charge in [0.2, 0.25) is 0 Å². The number of benzene rings is 3. The highest BCUT2D eigenvalue weighted by molar-refractivity contribution is 6.42. The highest BCUT2D eigenvalue weighted by Crippen LogP contribution is 2.36. The average Bonchev–Trinajstić information content (AvgIpc) is 3.88. The molecule has 0 aromatic heterocycles. The number of carbonyl (C=O) groups is 1. The van der Waals surface area contributed by atoms with Crippen molar-refractivity contribution in [1.82, 2.24) is 15.1 Å². The molecule has 2 aliphatic heterocycles. The molecule has 1 saturated carbocycles. The van der Waals surface area contributed by atoms with Crippen molar-refractivity contribution in [2.75, 3.05) is 39.3 Å². The molecule has 1 saturated heterocycles. The second-order valence-electron chi connectivity index (χ2n) is 11.6. The van der Waals surface area contributed by atoms with Crippen molar-refractivity contribution in [1.29, 1.82) is 0 Å². The molecule has 0 unspecified atom stereocenters. The zero-order valence-electron chi connectivity index (χ0n) is 24.1. The summed E-state index contributed by atoms with van der Waals surface area (Å²) in [5.41, 5.74) is 6.24. The first kappa shape index (κ1) is 29.3. The molecule has 6 rings (SSSR count). The second kappa shape index (κ2) is 13.6. The van der Waals surface area contributed by atoms with E-state index in [9.17, 15) is 4.79 Å². The molecule has 0 radical (unpaired) electrons. The number of halogens is 2. The van der Waals surface area contributed by atoms with Gasteiger partial charge in [0, 0.05) is 31.2 Å². The molecule has 0 atom stereocenters. The van der Waals surface area contributed by atoms with Crippen LogP contribution in [0.1, 0.15) is 49.7 Å². The Morgan fingerprint density at radius 2 is 1.69 bits per heavy atom. The molecule has 3 aromatic carbocycles. The lowest BCUT2D eigenvalue weighted by molar-refractivity contribution is -0.128. The topological polar surface area (TPSA) is 44.8 Å². The van der Waals surface area contributed by atoms with Crippen LogP contribution in [-0.2, 0) is 11.3 Å². The highest BCUT2D eigenvalue weighted by Gasteiger charge is 2.35. The fourth-order valence-corrected chi connectivity index (χ4v) is 6.47. The van der Waals surface area contributed by atoms with E-state index in [-0.39, 0.29) is 11.9 Å². The van der Waals surface area contributed by atoms with Crippen LogP contribution >= 0.6 is 23.2 Å². The molecule has 1 aliphatic carbocycles. The number of nitrogens with zero attached hydrogens (tertiary/aromatic N) is 2. The molecule has 0 bridgehead atoms. The Morgan fingerprint density at radius 3 is 2.48 bits per heavy atom. The van der Waals surface area contributed by atoms with E-state index in [4.69, 9.17) is 27.9 Å². The van der Waals surface area contributed by atoms with Gasteiger partial charge in [0.25, 0.3) is 5.91 Å². The van der Waals surface area contributed by atoms with Crippen molar-refractivity contribution in [3.8, 4) is 16.9 Å². The third-order valence-electron chi connectivity index (χ3n) is 8.62. The van der Waals surface area contributed by atoms with Gasteiger partial charge in [-0.3, -0.25) is 9.69 Å². The molecular formula is C35H39Cl2N3O2. The first-order valence-electron chi connectivity index (χ1n) is 15.3. The largest absolute Gasteiger partial charge is 0.492 e. The van der Waals surface area contributed by atoms with Gasteiger partial charge in [0.1, 0.15) is 12.4 Å². The lowest BCUT2D eigenvalue weighted by Crippen LogP contribution is -2.39. The Kier molecular flexibility index (Phi) is 9.50. The molecule has 2 heterocycles. The van der Waals surface area contributed by atoms with E-state index in [1.165, 1.54) is 32.4 Å². The van der Waals surface area contributed by atoms with Crippen LogP contribution in [-0.4, -0.2) is 61.1 Å². The molecule has 1 amide bonds. The van der Waals surface area contributed by atoms with Crippen molar-refractivity contribution >= 4 is 34.7 Å². The highest BCUT2D eigenvalue weighted by atomic mass is 35.5. The van der Waals surface area contributed by atoms with Crippen LogP contribution in [0.5, 0.6) is 5.75 Å². The van der Waals surface area contributed by atoms with Crippen LogP contribution in [0.2, 0.25) is 10.0 Å². The predicted octanol–water partition coefficient (Wildman–Crippen LogP) is 7.46. The molecule has 0 spiro atoms. The van der Waals surface area contributed by atoms with Crippen LogP contribution < -0.4 is 10.1 Å². The lowest BCUT2D eigenvalue weighted by Gasteiger charge is -2.28. The maximum Gasteiger partial charge on any atom is 0.251 e. The molecule has 2 fully saturated rings. The Morgan fingerprint density at radius 1 is 0.929 bits per heavy atom. The van der Waals surface area contributed by atoms with Gasteiger partial charge < -0.3 is 15.0 Å². The van der Waals surface area contributed by atoms with Crippen LogP contribution in [0.15, 0.2) is 72.3 Å². The SMILES string of the molecule is O=C(C1=C(c2cccc(-c3ccc(OCCN4CCCCC4)cc3)c2)CCNC1)N(Cc1cccc(Cl)c1Cl)C1CC1. The predicted molar refractivity (Wildman–Crippen MR) is 172 cm³/mol. The van der Waals surface area contributed by atoms with Gasteiger partial charge >= 0.3 is 0 Å². The monoisotopic (exact) mass is 603 g/mol. The van der Waals surface area contributed by atoms with Gasteiger partial charge in [-0.2, -0.15) is 0 Å².